The average molecular weight is 463 g/mol. The molecule has 35 heavy (non-hydrogen) atoms. The van der Waals surface area contributed by atoms with Crippen molar-refractivity contribution < 1.29 is 13.5 Å². The third-order valence-electron chi connectivity index (χ3n) is 5.95. The topological polar surface area (TPSA) is 39.9 Å². The maximum Gasteiger partial charge on any atom is 0.222 e. The molecule has 170 valence electrons. The van der Waals surface area contributed by atoms with Gasteiger partial charge in [0.25, 0.3) is 0 Å². The highest BCUT2D eigenvalue weighted by Gasteiger charge is 2.15. The third kappa shape index (κ3) is 3.89. The maximum atomic E-state index is 14.1. The molecule has 3 aromatic heterocycles. The Kier molecular flexibility index (Phi) is 4.99. The molecule has 0 aliphatic heterocycles. The fraction of sp³-hybridized carbons (Fsp3) is 0.0345. The van der Waals surface area contributed by atoms with Gasteiger partial charge in [0, 0.05) is 35.3 Å². The minimum absolute atomic E-state index is 0.185. The van der Waals surface area contributed by atoms with Crippen LogP contribution in [-0.4, -0.2) is 14.5 Å². The Balaban J connectivity index is 1.51. The van der Waals surface area contributed by atoms with Crippen LogP contribution in [0, 0.1) is 18.6 Å². The number of hydrogen-bond donors (Lipinski definition) is 0. The summed E-state index contributed by atoms with van der Waals surface area (Å²) in [5.74, 6) is 0.490. The number of rotatable bonds is 4. The van der Waals surface area contributed by atoms with Crippen LogP contribution in [0.3, 0.4) is 0 Å². The van der Waals surface area contributed by atoms with Crippen LogP contribution in [0.4, 0.5) is 8.78 Å². The second-order valence-corrected chi connectivity index (χ2v) is 8.36. The van der Waals surface area contributed by atoms with Gasteiger partial charge in [-0.05, 0) is 60.5 Å². The van der Waals surface area contributed by atoms with E-state index in [1.807, 2.05) is 41.0 Å². The van der Waals surface area contributed by atoms with Gasteiger partial charge in [-0.25, -0.2) is 18.7 Å². The van der Waals surface area contributed by atoms with E-state index in [2.05, 4.69) is 35.1 Å². The van der Waals surface area contributed by atoms with Crippen molar-refractivity contribution in [1.29, 1.82) is 0 Å². The summed E-state index contributed by atoms with van der Waals surface area (Å²) in [5.41, 5.74) is 4.88. The maximum absolute atomic E-state index is 14.1. The van der Waals surface area contributed by atoms with E-state index in [0.717, 1.165) is 38.5 Å². The van der Waals surface area contributed by atoms with Gasteiger partial charge < -0.3 is 4.74 Å². The van der Waals surface area contributed by atoms with E-state index in [4.69, 9.17) is 4.74 Å². The molecule has 0 fully saturated rings. The number of nitrogens with zero attached hydrogens (tertiary/aromatic N) is 3. The van der Waals surface area contributed by atoms with Crippen LogP contribution in [0.25, 0.3) is 38.8 Å². The number of aryl methyl sites for hydroxylation is 1. The number of aromatic nitrogens is 3. The van der Waals surface area contributed by atoms with Crippen molar-refractivity contribution in [3.8, 4) is 28.6 Å². The number of halogens is 2. The molecule has 0 bridgehead atoms. The Labute approximate surface area is 200 Å². The van der Waals surface area contributed by atoms with Crippen LogP contribution in [0.15, 0.2) is 97.3 Å². The highest BCUT2D eigenvalue weighted by molar-refractivity contribution is 6.10. The van der Waals surface area contributed by atoms with Crippen LogP contribution >= 0.6 is 0 Å². The van der Waals surface area contributed by atoms with Crippen molar-refractivity contribution in [3.05, 3.63) is 115 Å². The lowest BCUT2D eigenvalue weighted by molar-refractivity contribution is 0.457. The molecule has 3 aromatic carbocycles. The van der Waals surface area contributed by atoms with Gasteiger partial charge in [0.2, 0.25) is 5.88 Å². The first-order valence-electron chi connectivity index (χ1n) is 11.1. The number of fused-ring (bicyclic) bond motifs is 3. The zero-order valence-corrected chi connectivity index (χ0v) is 18.7. The molecule has 6 heteroatoms. The van der Waals surface area contributed by atoms with Crippen LogP contribution in [-0.2, 0) is 0 Å². The normalized spacial score (nSPS) is 11.3. The molecule has 6 aromatic rings. The first-order chi connectivity index (χ1) is 17.0. The minimum Gasteiger partial charge on any atom is -0.439 e. The molecule has 0 unspecified atom stereocenters. The quantitative estimate of drug-likeness (QED) is 0.270. The molecule has 3 heterocycles. The lowest BCUT2D eigenvalue weighted by Crippen LogP contribution is -1.98. The lowest BCUT2D eigenvalue weighted by atomic mass is 10.0. The van der Waals surface area contributed by atoms with E-state index in [1.165, 1.54) is 36.7 Å². The molecule has 6 rings (SSSR count). The van der Waals surface area contributed by atoms with Crippen molar-refractivity contribution in [2.45, 2.75) is 6.92 Å². The SMILES string of the molecule is Cc1ccc2c(c1)c1ccc(-c3cccc(Oc4cc(F)ccn4)c3)cc1n2-c1cc(F)ccn1. The Bertz CT molecular complexity index is 1730. The standard InChI is InChI=1S/C29H19F2N3O/c1-18-5-8-26-25(13-18)24-7-6-20(15-27(24)34(26)28-16-21(30)9-11-32-28)19-3-2-4-23(14-19)35-29-17-22(31)10-12-33-29/h2-17H,1H3. The van der Waals surface area contributed by atoms with Crippen LogP contribution in [0.2, 0.25) is 0 Å². The molecule has 0 saturated heterocycles. The largest absolute Gasteiger partial charge is 0.439 e. The minimum atomic E-state index is -0.411. The van der Waals surface area contributed by atoms with Crippen LogP contribution in [0.5, 0.6) is 11.6 Å². The van der Waals surface area contributed by atoms with Crippen molar-refractivity contribution in [3.63, 3.8) is 0 Å². The Hall–Kier alpha value is -4.58. The Morgan fingerprint density at radius 3 is 2.31 bits per heavy atom. The molecule has 0 amide bonds. The summed E-state index contributed by atoms with van der Waals surface area (Å²) in [7, 11) is 0. The zero-order valence-electron chi connectivity index (χ0n) is 18.7. The van der Waals surface area contributed by atoms with Crippen molar-refractivity contribution in [1.82, 2.24) is 14.5 Å². The zero-order chi connectivity index (χ0) is 23.9. The number of hydrogen-bond acceptors (Lipinski definition) is 3. The highest BCUT2D eigenvalue weighted by Crippen LogP contribution is 2.36. The summed E-state index contributed by atoms with van der Waals surface area (Å²) >= 11 is 0. The number of benzene rings is 3. The molecule has 4 nitrogen and oxygen atoms in total. The average Bonchev–Trinajstić information content (AvgIpc) is 3.17. The molecule has 0 spiro atoms. The second kappa shape index (κ2) is 8.33. The Morgan fingerprint density at radius 2 is 1.49 bits per heavy atom. The molecule has 0 saturated carbocycles. The summed E-state index contributed by atoms with van der Waals surface area (Å²) < 4.78 is 35.4. The summed E-state index contributed by atoms with van der Waals surface area (Å²) in [5, 5.41) is 2.13. The van der Waals surface area contributed by atoms with Gasteiger partial charge in [0.05, 0.1) is 11.0 Å². The van der Waals surface area contributed by atoms with Crippen molar-refractivity contribution >= 4 is 21.8 Å². The summed E-state index contributed by atoms with van der Waals surface area (Å²) in [6.07, 6.45) is 2.84. The molecular formula is C29H19F2N3O. The number of pyridine rings is 2. The molecular weight excluding hydrogens is 444 g/mol. The smallest absolute Gasteiger partial charge is 0.222 e. The van der Waals surface area contributed by atoms with Crippen LogP contribution < -0.4 is 4.74 Å². The second-order valence-electron chi connectivity index (χ2n) is 8.36. The van der Waals surface area contributed by atoms with E-state index >= 15 is 0 Å². The van der Waals surface area contributed by atoms with E-state index in [1.54, 1.807) is 6.07 Å². The van der Waals surface area contributed by atoms with E-state index in [-0.39, 0.29) is 11.7 Å². The number of ether oxygens (including phenoxy) is 1. The molecule has 0 aliphatic carbocycles. The fourth-order valence-electron chi connectivity index (χ4n) is 4.38. The predicted octanol–water partition coefficient (Wildman–Crippen LogP) is 7.62. The molecule has 0 aliphatic rings. The fourth-order valence-corrected chi connectivity index (χ4v) is 4.38. The highest BCUT2D eigenvalue weighted by atomic mass is 19.1. The van der Waals surface area contributed by atoms with E-state index < -0.39 is 5.82 Å². The summed E-state index contributed by atoms with van der Waals surface area (Å²) in [4.78, 5) is 8.50. The molecule has 0 atom stereocenters. The van der Waals surface area contributed by atoms with Gasteiger partial charge in [-0.3, -0.25) is 4.57 Å². The summed E-state index contributed by atoms with van der Waals surface area (Å²) in [6.45, 7) is 2.05. The van der Waals surface area contributed by atoms with E-state index in [0.29, 0.717) is 11.6 Å². The Morgan fingerprint density at radius 1 is 0.686 bits per heavy atom. The molecule has 0 radical (unpaired) electrons. The third-order valence-corrected chi connectivity index (χ3v) is 5.95. The van der Waals surface area contributed by atoms with Crippen LogP contribution in [0.1, 0.15) is 5.56 Å². The van der Waals surface area contributed by atoms with Gasteiger partial charge in [-0.2, -0.15) is 0 Å². The van der Waals surface area contributed by atoms with E-state index in [9.17, 15) is 8.78 Å². The van der Waals surface area contributed by atoms with Gasteiger partial charge in [0.1, 0.15) is 23.2 Å². The van der Waals surface area contributed by atoms with Gasteiger partial charge in [-0.1, -0.05) is 35.9 Å². The first kappa shape index (κ1) is 21.0. The first-order valence-corrected chi connectivity index (χ1v) is 11.1. The van der Waals surface area contributed by atoms with Gasteiger partial charge >= 0.3 is 0 Å². The van der Waals surface area contributed by atoms with Crippen molar-refractivity contribution in [2.24, 2.45) is 0 Å². The van der Waals surface area contributed by atoms with Gasteiger partial charge in [0.15, 0.2) is 0 Å². The predicted molar refractivity (Wildman–Crippen MR) is 133 cm³/mol. The molecule has 0 N–H and O–H groups in total. The van der Waals surface area contributed by atoms with Crippen molar-refractivity contribution in [2.75, 3.05) is 0 Å². The monoisotopic (exact) mass is 463 g/mol. The lowest BCUT2D eigenvalue weighted by Gasteiger charge is -2.09. The van der Waals surface area contributed by atoms with Gasteiger partial charge in [-0.15, -0.1) is 0 Å². The summed E-state index contributed by atoms with van der Waals surface area (Å²) in [6, 6.07) is 25.2.